The number of hydrogen-bond acceptors (Lipinski definition) is 6. The third-order valence-corrected chi connectivity index (χ3v) is 2.94. The number of nitrogens with two attached hydrogens (primary N) is 1. The Morgan fingerprint density at radius 3 is 2.80 bits per heavy atom. The quantitative estimate of drug-likeness (QED) is 0.658. The molecule has 0 aliphatic heterocycles. The van der Waals surface area contributed by atoms with Gasteiger partial charge in [0.05, 0.1) is 16.2 Å². The molecule has 0 unspecified atom stereocenters. The lowest BCUT2D eigenvalue weighted by Gasteiger charge is -2.08. The van der Waals surface area contributed by atoms with Gasteiger partial charge in [-0.15, -0.1) is 0 Å². The number of nitrogens with one attached hydrogen (secondary N) is 1. The van der Waals surface area contributed by atoms with Crippen molar-refractivity contribution in [1.29, 1.82) is 5.26 Å². The Balaban J connectivity index is 2.47. The molecule has 0 saturated heterocycles. The number of rotatable bonds is 3. The first-order chi connectivity index (χ1) is 9.51. The number of halogens is 1. The molecule has 8 heteroatoms. The maximum Gasteiger partial charge on any atom is 0.311 e. The predicted octanol–water partition coefficient (Wildman–Crippen LogP) is 2.95. The fraction of sp³-hybridized carbons (Fsp3) is 0. The molecule has 0 aliphatic carbocycles. The third-order valence-electron chi connectivity index (χ3n) is 2.45. The van der Waals surface area contributed by atoms with Crippen LogP contribution in [0.4, 0.5) is 23.0 Å². The molecule has 3 N–H and O–H groups in total. The zero-order valence-electron chi connectivity index (χ0n) is 10.0. The lowest BCUT2D eigenvalue weighted by molar-refractivity contribution is -0.384. The van der Waals surface area contributed by atoms with E-state index < -0.39 is 4.92 Å². The largest absolute Gasteiger partial charge is 0.384 e. The van der Waals surface area contributed by atoms with E-state index in [2.05, 4.69) is 26.2 Å². The highest BCUT2D eigenvalue weighted by Gasteiger charge is 2.16. The summed E-state index contributed by atoms with van der Waals surface area (Å²) in [5.41, 5.74) is 6.06. The molecule has 0 saturated carbocycles. The van der Waals surface area contributed by atoms with E-state index in [1.54, 1.807) is 18.2 Å². The number of nitriles is 1. The van der Waals surface area contributed by atoms with Gasteiger partial charge >= 0.3 is 5.69 Å². The lowest BCUT2D eigenvalue weighted by atomic mass is 10.2. The fourth-order valence-electron chi connectivity index (χ4n) is 1.55. The Bertz CT molecular complexity index is 726. The second-order valence-corrected chi connectivity index (χ2v) is 4.70. The van der Waals surface area contributed by atoms with Gasteiger partial charge in [-0.25, -0.2) is 4.98 Å². The van der Waals surface area contributed by atoms with Crippen LogP contribution in [-0.4, -0.2) is 9.91 Å². The molecular weight excluding hydrogens is 326 g/mol. The molecular formula is C12H8BrN5O2. The van der Waals surface area contributed by atoms with E-state index in [0.717, 1.165) is 4.47 Å². The molecule has 100 valence electrons. The number of pyridine rings is 1. The minimum Gasteiger partial charge on any atom is -0.384 e. The summed E-state index contributed by atoms with van der Waals surface area (Å²) >= 11 is 3.25. The van der Waals surface area contributed by atoms with Crippen LogP contribution in [0.1, 0.15) is 5.56 Å². The molecule has 0 aliphatic rings. The van der Waals surface area contributed by atoms with E-state index in [0.29, 0.717) is 11.3 Å². The Hall–Kier alpha value is -2.66. The number of benzene rings is 1. The maximum absolute atomic E-state index is 10.9. The Kier molecular flexibility index (Phi) is 3.81. The van der Waals surface area contributed by atoms with Crippen LogP contribution in [0, 0.1) is 21.4 Å². The van der Waals surface area contributed by atoms with Crippen LogP contribution in [0.3, 0.4) is 0 Å². The summed E-state index contributed by atoms with van der Waals surface area (Å²) in [6.45, 7) is 0. The number of aromatic nitrogens is 1. The number of hydrogen-bond donors (Lipinski definition) is 2. The minimum atomic E-state index is -0.570. The standard InChI is InChI=1S/C12H8BrN5O2/c13-8-1-2-9(7(5-8)6-14)16-12-10(18(19)20)3-4-11(15)17-12/h1-5H,(H3,15,16,17). The van der Waals surface area contributed by atoms with Crippen LogP contribution in [-0.2, 0) is 0 Å². The highest BCUT2D eigenvalue weighted by Crippen LogP contribution is 2.29. The highest BCUT2D eigenvalue weighted by molar-refractivity contribution is 9.10. The molecule has 0 bridgehead atoms. The summed E-state index contributed by atoms with van der Waals surface area (Å²) in [6.07, 6.45) is 0. The number of nitrogens with zero attached hydrogens (tertiary/aromatic N) is 3. The second-order valence-electron chi connectivity index (χ2n) is 3.79. The van der Waals surface area contributed by atoms with Crippen molar-refractivity contribution in [2.75, 3.05) is 11.1 Å². The first-order valence-corrected chi connectivity index (χ1v) is 6.18. The zero-order chi connectivity index (χ0) is 14.7. The van der Waals surface area contributed by atoms with Crippen molar-refractivity contribution in [2.45, 2.75) is 0 Å². The van der Waals surface area contributed by atoms with Crippen LogP contribution >= 0.6 is 15.9 Å². The van der Waals surface area contributed by atoms with Crippen molar-refractivity contribution >= 4 is 38.9 Å². The van der Waals surface area contributed by atoms with Crippen molar-refractivity contribution in [3.05, 3.63) is 50.5 Å². The zero-order valence-corrected chi connectivity index (χ0v) is 11.6. The Labute approximate surface area is 122 Å². The van der Waals surface area contributed by atoms with Gasteiger partial charge in [-0.1, -0.05) is 15.9 Å². The number of nitrogen functional groups attached to an aromatic ring is 1. The van der Waals surface area contributed by atoms with Gasteiger partial charge in [0.25, 0.3) is 0 Å². The minimum absolute atomic E-state index is 0.00572. The van der Waals surface area contributed by atoms with Gasteiger partial charge in [-0.05, 0) is 24.3 Å². The van der Waals surface area contributed by atoms with Crippen LogP contribution < -0.4 is 11.1 Å². The van der Waals surface area contributed by atoms with Crippen LogP contribution in [0.5, 0.6) is 0 Å². The van der Waals surface area contributed by atoms with Gasteiger partial charge in [0.2, 0.25) is 5.82 Å². The van der Waals surface area contributed by atoms with E-state index in [-0.39, 0.29) is 17.3 Å². The van der Waals surface area contributed by atoms with Crippen LogP contribution in [0.15, 0.2) is 34.8 Å². The normalized spacial score (nSPS) is 9.80. The van der Waals surface area contributed by atoms with Gasteiger partial charge in [-0.2, -0.15) is 5.26 Å². The van der Waals surface area contributed by atoms with Crippen molar-refractivity contribution in [1.82, 2.24) is 4.98 Å². The smallest absolute Gasteiger partial charge is 0.311 e. The van der Waals surface area contributed by atoms with E-state index in [1.165, 1.54) is 12.1 Å². The first-order valence-electron chi connectivity index (χ1n) is 5.39. The average Bonchev–Trinajstić information content (AvgIpc) is 2.40. The molecule has 0 atom stereocenters. The average molecular weight is 334 g/mol. The topological polar surface area (TPSA) is 118 Å². The highest BCUT2D eigenvalue weighted by atomic mass is 79.9. The van der Waals surface area contributed by atoms with E-state index in [1.807, 2.05) is 6.07 Å². The molecule has 7 nitrogen and oxygen atoms in total. The summed E-state index contributed by atoms with van der Waals surface area (Å²) in [4.78, 5) is 14.3. The molecule has 1 heterocycles. The number of anilines is 3. The van der Waals surface area contributed by atoms with Gasteiger partial charge < -0.3 is 11.1 Å². The van der Waals surface area contributed by atoms with E-state index in [4.69, 9.17) is 11.0 Å². The Morgan fingerprint density at radius 2 is 2.15 bits per heavy atom. The summed E-state index contributed by atoms with van der Waals surface area (Å²) < 4.78 is 0.731. The predicted molar refractivity (Wildman–Crippen MR) is 77.4 cm³/mol. The molecule has 1 aromatic heterocycles. The summed E-state index contributed by atoms with van der Waals surface area (Å²) in [6, 6.07) is 9.53. The number of nitro groups is 1. The van der Waals surface area contributed by atoms with E-state index >= 15 is 0 Å². The first kappa shape index (κ1) is 13.8. The Morgan fingerprint density at radius 1 is 1.40 bits per heavy atom. The van der Waals surface area contributed by atoms with Crippen LogP contribution in [0.2, 0.25) is 0 Å². The third kappa shape index (κ3) is 2.84. The lowest BCUT2D eigenvalue weighted by Crippen LogP contribution is -2.03. The molecule has 2 rings (SSSR count). The molecule has 0 fully saturated rings. The second kappa shape index (κ2) is 5.54. The van der Waals surface area contributed by atoms with Gasteiger partial charge in [0, 0.05) is 10.5 Å². The SMILES string of the molecule is N#Cc1cc(Br)ccc1Nc1nc(N)ccc1[N+](=O)[O-]. The molecule has 20 heavy (non-hydrogen) atoms. The van der Waals surface area contributed by atoms with Gasteiger partial charge in [0.15, 0.2) is 0 Å². The summed E-state index contributed by atoms with van der Waals surface area (Å²) in [5, 5.41) is 22.8. The molecule has 2 aromatic rings. The summed E-state index contributed by atoms with van der Waals surface area (Å²) in [7, 11) is 0. The van der Waals surface area contributed by atoms with Crippen molar-refractivity contribution in [3.63, 3.8) is 0 Å². The van der Waals surface area contributed by atoms with E-state index in [9.17, 15) is 10.1 Å². The molecule has 0 spiro atoms. The monoisotopic (exact) mass is 333 g/mol. The molecule has 1 aromatic carbocycles. The van der Waals surface area contributed by atoms with Gasteiger partial charge in [-0.3, -0.25) is 10.1 Å². The van der Waals surface area contributed by atoms with Crippen LogP contribution in [0.25, 0.3) is 0 Å². The molecule has 0 amide bonds. The van der Waals surface area contributed by atoms with Crippen molar-refractivity contribution in [2.24, 2.45) is 0 Å². The van der Waals surface area contributed by atoms with Crippen molar-refractivity contribution in [3.8, 4) is 6.07 Å². The fourth-order valence-corrected chi connectivity index (χ4v) is 1.91. The van der Waals surface area contributed by atoms with Gasteiger partial charge in [0.1, 0.15) is 11.9 Å². The molecule has 0 radical (unpaired) electrons. The maximum atomic E-state index is 10.9. The van der Waals surface area contributed by atoms with Crippen molar-refractivity contribution < 1.29 is 4.92 Å². The summed E-state index contributed by atoms with van der Waals surface area (Å²) in [5.74, 6) is 0.141.